The highest BCUT2D eigenvalue weighted by atomic mass is 35.5. The summed E-state index contributed by atoms with van der Waals surface area (Å²) in [4.78, 5) is 14.8. The van der Waals surface area contributed by atoms with E-state index in [2.05, 4.69) is 11.8 Å². The van der Waals surface area contributed by atoms with Crippen LogP contribution in [0.5, 0.6) is 0 Å². The van der Waals surface area contributed by atoms with E-state index in [4.69, 9.17) is 28.9 Å². The summed E-state index contributed by atoms with van der Waals surface area (Å²) in [7, 11) is 0. The number of nitrogens with zero attached hydrogens (tertiary/aromatic N) is 1. The van der Waals surface area contributed by atoms with Crippen LogP contribution in [0.1, 0.15) is 30.1 Å². The summed E-state index contributed by atoms with van der Waals surface area (Å²) in [6, 6.07) is 4.74. The Bertz CT molecular complexity index is 493. The van der Waals surface area contributed by atoms with Crippen molar-refractivity contribution in [3.05, 3.63) is 28.8 Å². The summed E-state index contributed by atoms with van der Waals surface area (Å²) >= 11 is 12.0. The molecule has 2 atom stereocenters. The number of Topliss-reactive ketones (excluding diaryl/α,β-unsaturated/α-hetero) is 1. The Kier molecular flexibility index (Phi) is 5.30. The minimum absolute atomic E-state index is 0.0241. The number of hydrogen-bond donors (Lipinski definition) is 1. The number of nitrogens with two attached hydrogens (primary N) is 1. The Morgan fingerprint density at radius 1 is 1.55 bits per heavy atom. The molecule has 2 rings (SSSR count). The largest absolute Gasteiger partial charge is 0.398 e. The van der Waals surface area contributed by atoms with Crippen molar-refractivity contribution < 1.29 is 4.79 Å². The van der Waals surface area contributed by atoms with Crippen LogP contribution in [0.2, 0.25) is 5.02 Å². The molecular weight excluding hydrogens is 295 g/mol. The van der Waals surface area contributed by atoms with E-state index >= 15 is 0 Å². The normalized spacial score (nSPS) is 21.6. The highest BCUT2D eigenvalue weighted by Gasteiger charge is 2.29. The highest BCUT2D eigenvalue weighted by molar-refractivity contribution is 6.33. The molecule has 0 spiro atoms. The number of benzene rings is 1. The van der Waals surface area contributed by atoms with Crippen LogP contribution in [0.4, 0.5) is 5.69 Å². The third-order valence-corrected chi connectivity index (χ3v) is 4.48. The minimum atomic E-state index is -0.279. The molecule has 0 aromatic heterocycles. The molecule has 2 N–H and O–H groups in total. The number of carbonyl (C=O) groups is 1. The first-order chi connectivity index (χ1) is 9.52. The number of rotatable bonds is 4. The lowest BCUT2D eigenvalue weighted by Gasteiger charge is -2.35. The molecule has 1 aliphatic heterocycles. The van der Waals surface area contributed by atoms with Gasteiger partial charge < -0.3 is 5.73 Å². The van der Waals surface area contributed by atoms with Crippen LogP contribution in [0.15, 0.2) is 18.2 Å². The van der Waals surface area contributed by atoms with Crippen molar-refractivity contribution in [2.75, 3.05) is 24.7 Å². The molecule has 1 aromatic carbocycles. The zero-order chi connectivity index (χ0) is 14.7. The fourth-order valence-electron chi connectivity index (χ4n) is 2.72. The fraction of sp³-hybridized carbons (Fsp3) is 0.533. The molecule has 0 saturated carbocycles. The number of piperidine rings is 1. The number of halogens is 2. The summed E-state index contributed by atoms with van der Waals surface area (Å²) in [5.41, 5.74) is 6.74. The summed E-state index contributed by atoms with van der Waals surface area (Å²) in [6.07, 6.45) is 2.33. The van der Waals surface area contributed by atoms with Gasteiger partial charge in [-0.25, -0.2) is 0 Å². The van der Waals surface area contributed by atoms with Crippen LogP contribution < -0.4 is 5.73 Å². The third-order valence-electron chi connectivity index (χ3n) is 3.86. The molecular formula is C15H20Cl2N2O. The SMILES string of the molecule is CC1CCCN(C(CCl)C(=O)c2ccc(N)c(Cl)c2)C1. The van der Waals surface area contributed by atoms with Gasteiger partial charge in [-0.05, 0) is 43.5 Å². The first-order valence-electron chi connectivity index (χ1n) is 6.92. The second-order valence-corrected chi connectivity index (χ2v) is 6.23. The second kappa shape index (κ2) is 6.79. The standard InChI is InChI=1S/C15H20Cl2N2O/c1-10-3-2-6-19(9-10)14(8-16)15(20)11-4-5-13(18)12(17)7-11/h4-5,7,10,14H,2-3,6,8-9,18H2,1H3. The maximum Gasteiger partial charge on any atom is 0.181 e. The van der Waals surface area contributed by atoms with E-state index in [0.29, 0.717) is 28.1 Å². The van der Waals surface area contributed by atoms with Crippen molar-refractivity contribution >= 4 is 34.7 Å². The van der Waals surface area contributed by atoms with Crippen LogP contribution >= 0.6 is 23.2 Å². The van der Waals surface area contributed by atoms with E-state index in [1.54, 1.807) is 18.2 Å². The van der Waals surface area contributed by atoms with Crippen molar-refractivity contribution in [3.8, 4) is 0 Å². The quantitative estimate of drug-likeness (QED) is 0.526. The Balaban J connectivity index is 2.17. The van der Waals surface area contributed by atoms with E-state index in [1.165, 1.54) is 6.42 Å². The Morgan fingerprint density at radius 2 is 2.30 bits per heavy atom. The summed E-state index contributed by atoms with van der Waals surface area (Å²) in [5.74, 6) is 0.932. The molecule has 110 valence electrons. The van der Waals surface area contributed by atoms with Crippen molar-refractivity contribution in [1.82, 2.24) is 4.90 Å². The molecule has 0 bridgehead atoms. The van der Waals surface area contributed by atoms with Crippen LogP contribution in [0.25, 0.3) is 0 Å². The molecule has 20 heavy (non-hydrogen) atoms. The first-order valence-corrected chi connectivity index (χ1v) is 7.83. The van der Waals surface area contributed by atoms with Gasteiger partial charge in [0.1, 0.15) is 0 Å². The molecule has 0 amide bonds. The molecule has 5 heteroatoms. The zero-order valence-electron chi connectivity index (χ0n) is 11.6. The number of anilines is 1. The van der Waals surface area contributed by atoms with Gasteiger partial charge >= 0.3 is 0 Å². The van der Waals surface area contributed by atoms with E-state index < -0.39 is 0 Å². The van der Waals surface area contributed by atoms with Crippen LogP contribution in [-0.2, 0) is 0 Å². The van der Waals surface area contributed by atoms with Crippen LogP contribution in [-0.4, -0.2) is 35.7 Å². The summed E-state index contributed by atoms with van der Waals surface area (Å²) in [6.45, 7) is 4.06. The number of likely N-dealkylation sites (tertiary alicyclic amines) is 1. The molecule has 1 heterocycles. The summed E-state index contributed by atoms with van der Waals surface area (Å²) in [5, 5.41) is 0.413. The van der Waals surface area contributed by atoms with Crippen molar-refractivity contribution in [2.45, 2.75) is 25.8 Å². The van der Waals surface area contributed by atoms with Gasteiger partial charge in [0, 0.05) is 18.0 Å². The zero-order valence-corrected chi connectivity index (χ0v) is 13.1. The molecule has 2 unspecified atom stereocenters. The van der Waals surface area contributed by atoms with Crippen LogP contribution in [0, 0.1) is 5.92 Å². The lowest BCUT2D eigenvalue weighted by atomic mass is 9.96. The number of nitrogen functional groups attached to an aromatic ring is 1. The lowest BCUT2D eigenvalue weighted by molar-refractivity contribution is 0.0770. The van der Waals surface area contributed by atoms with Gasteiger partial charge in [0.2, 0.25) is 0 Å². The van der Waals surface area contributed by atoms with Gasteiger partial charge in [0.05, 0.1) is 16.8 Å². The smallest absolute Gasteiger partial charge is 0.181 e. The number of hydrogen-bond acceptors (Lipinski definition) is 3. The number of carbonyl (C=O) groups excluding carboxylic acids is 1. The van der Waals surface area contributed by atoms with Gasteiger partial charge in [-0.2, -0.15) is 0 Å². The predicted octanol–water partition coefficient (Wildman–Crippen LogP) is 3.44. The fourth-order valence-corrected chi connectivity index (χ4v) is 3.23. The molecule has 0 radical (unpaired) electrons. The number of ketones is 1. The van der Waals surface area contributed by atoms with Gasteiger partial charge in [0.15, 0.2) is 5.78 Å². The van der Waals surface area contributed by atoms with Gasteiger partial charge in [-0.15, -0.1) is 11.6 Å². The van der Waals surface area contributed by atoms with Gasteiger partial charge in [0.25, 0.3) is 0 Å². The van der Waals surface area contributed by atoms with Crippen LogP contribution in [0.3, 0.4) is 0 Å². The maximum absolute atomic E-state index is 12.6. The summed E-state index contributed by atoms with van der Waals surface area (Å²) < 4.78 is 0. The monoisotopic (exact) mass is 314 g/mol. The van der Waals surface area contributed by atoms with E-state index in [-0.39, 0.29) is 11.8 Å². The predicted molar refractivity (Wildman–Crippen MR) is 84.7 cm³/mol. The Hall–Kier alpha value is -0.770. The Labute approximate surface area is 130 Å². The van der Waals surface area contributed by atoms with E-state index in [9.17, 15) is 4.79 Å². The molecule has 1 fully saturated rings. The molecule has 1 aliphatic rings. The molecule has 0 aliphatic carbocycles. The topological polar surface area (TPSA) is 46.3 Å². The molecule has 1 aromatic rings. The maximum atomic E-state index is 12.6. The minimum Gasteiger partial charge on any atom is -0.398 e. The molecule has 1 saturated heterocycles. The van der Waals surface area contributed by atoms with Crippen molar-refractivity contribution in [1.29, 1.82) is 0 Å². The van der Waals surface area contributed by atoms with Crippen molar-refractivity contribution in [2.24, 2.45) is 5.92 Å². The second-order valence-electron chi connectivity index (χ2n) is 5.51. The Morgan fingerprint density at radius 3 is 2.90 bits per heavy atom. The molecule has 3 nitrogen and oxygen atoms in total. The number of alkyl halides is 1. The van der Waals surface area contributed by atoms with E-state index in [0.717, 1.165) is 19.5 Å². The van der Waals surface area contributed by atoms with Gasteiger partial charge in [-0.1, -0.05) is 18.5 Å². The first kappa shape index (κ1) is 15.6. The van der Waals surface area contributed by atoms with Crippen molar-refractivity contribution in [3.63, 3.8) is 0 Å². The van der Waals surface area contributed by atoms with Gasteiger partial charge in [-0.3, -0.25) is 9.69 Å². The highest BCUT2D eigenvalue weighted by Crippen LogP contribution is 2.24. The third kappa shape index (κ3) is 3.46. The lowest BCUT2D eigenvalue weighted by Crippen LogP contribution is -2.47. The average Bonchev–Trinajstić information content (AvgIpc) is 2.42. The van der Waals surface area contributed by atoms with E-state index in [1.807, 2.05) is 0 Å². The average molecular weight is 315 g/mol.